The Labute approximate surface area is 175 Å². The fourth-order valence-electron chi connectivity index (χ4n) is 2.70. The fraction of sp³-hybridized carbons (Fsp3) is 0.130. The van der Waals surface area contributed by atoms with E-state index in [0.29, 0.717) is 17.1 Å². The maximum atomic E-state index is 12.4. The maximum absolute atomic E-state index is 12.4. The Bertz CT molecular complexity index is 939. The van der Waals surface area contributed by atoms with E-state index in [1.807, 2.05) is 60.7 Å². The SMILES string of the molecule is COc1ccc(/C=N/OCC(=O)NN(c2ccccc2)c2ccccc2)c(OC)c1. The number of carbonyl (C=O) groups is 1. The first-order valence-corrected chi connectivity index (χ1v) is 9.28. The van der Waals surface area contributed by atoms with Crippen LogP contribution in [0, 0.1) is 0 Å². The lowest BCUT2D eigenvalue weighted by Crippen LogP contribution is -2.40. The molecule has 0 radical (unpaired) electrons. The Morgan fingerprint density at radius 3 is 2.13 bits per heavy atom. The molecule has 1 N–H and O–H groups in total. The van der Waals surface area contributed by atoms with Crippen molar-refractivity contribution in [3.8, 4) is 11.5 Å². The van der Waals surface area contributed by atoms with Crippen LogP contribution in [0.15, 0.2) is 84.0 Å². The monoisotopic (exact) mass is 405 g/mol. The van der Waals surface area contributed by atoms with Crippen LogP contribution in [0.1, 0.15) is 5.56 Å². The van der Waals surface area contributed by atoms with Crippen LogP contribution < -0.4 is 19.9 Å². The number of carbonyl (C=O) groups excluding carboxylic acids is 1. The second-order valence-corrected chi connectivity index (χ2v) is 6.16. The molecule has 0 unspecified atom stereocenters. The third-order valence-electron chi connectivity index (χ3n) is 4.17. The highest BCUT2D eigenvalue weighted by Gasteiger charge is 2.12. The molecule has 0 fully saturated rings. The largest absolute Gasteiger partial charge is 0.497 e. The molecule has 0 atom stereocenters. The average Bonchev–Trinajstić information content (AvgIpc) is 2.81. The van der Waals surface area contributed by atoms with E-state index in [1.54, 1.807) is 37.4 Å². The Morgan fingerprint density at radius 1 is 0.933 bits per heavy atom. The quantitative estimate of drug-likeness (QED) is 0.431. The van der Waals surface area contributed by atoms with E-state index < -0.39 is 0 Å². The van der Waals surface area contributed by atoms with Crippen molar-refractivity contribution < 1.29 is 19.1 Å². The van der Waals surface area contributed by atoms with Gasteiger partial charge in [-0.05, 0) is 36.4 Å². The molecule has 0 aromatic heterocycles. The number of amides is 1. The van der Waals surface area contributed by atoms with Gasteiger partial charge in [0.1, 0.15) is 11.5 Å². The van der Waals surface area contributed by atoms with E-state index in [-0.39, 0.29) is 12.5 Å². The van der Waals surface area contributed by atoms with Crippen molar-refractivity contribution in [2.45, 2.75) is 0 Å². The van der Waals surface area contributed by atoms with Gasteiger partial charge in [-0.1, -0.05) is 41.6 Å². The molecule has 0 aliphatic heterocycles. The highest BCUT2D eigenvalue weighted by molar-refractivity contribution is 5.84. The number of hydrogen-bond acceptors (Lipinski definition) is 6. The summed E-state index contributed by atoms with van der Waals surface area (Å²) in [7, 11) is 3.14. The van der Waals surface area contributed by atoms with E-state index in [4.69, 9.17) is 14.3 Å². The van der Waals surface area contributed by atoms with Gasteiger partial charge >= 0.3 is 0 Å². The Kier molecular flexibility index (Phi) is 7.27. The summed E-state index contributed by atoms with van der Waals surface area (Å²) in [6, 6.07) is 24.4. The molecule has 30 heavy (non-hydrogen) atoms. The van der Waals surface area contributed by atoms with Gasteiger partial charge in [0.2, 0.25) is 0 Å². The summed E-state index contributed by atoms with van der Waals surface area (Å²) in [6.07, 6.45) is 1.48. The number of hydrazine groups is 1. The minimum atomic E-state index is -0.346. The Balaban J connectivity index is 1.62. The molecule has 0 saturated carbocycles. The fourth-order valence-corrected chi connectivity index (χ4v) is 2.70. The lowest BCUT2D eigenvalue weighted by atomic mass is 10.2. The third-order valence-corrected chi connectivity index (χ3v) is 4.17. The van der Waals surface area contributed by atoms with Crippen LogP contribution in [0.25, 0.3) is 0 Å². The van der Waals surface area contributed by atoms with Gasteiger partial charge in [0.05, 0.1) is 31.8 Å². The zero-order valence-corrected chi connectivity index (χ0v) is 16.8. The van der Waals surface area contributed by atoms with Gasteiger partial charge in [0.25, 0.3) is 5.91 Å². The number of anilines is 2. The molecule has 154 valence electrons. The summed E-state index contributed by atoms with van der Waals surface area (Å²) in [4.78, 5) is 17.6. The summed E-state index contributed by atoms with van der Waals surface area (Å²) in [5, 5.41) is 5.57. The van der Waals surface area contributed by atoms with Gasteiger partial charge in [-0.15, -0.1) is 0 Å². The molecule has 0 aliphatic carbocycles. The number of rotatable bonds is 9. The van der Waals surface area contributed by atoms with Crippen LogP contribution in [0.3, 0.4) is 0 Å². The Hall–Kier alpha value is -4.00. The number of nitrogens with zero attached hydrogens (tertiary/aromatic N) is 2. The summed E-state index contributed by atoms with van der Waals surface area (Å²) < 4.78 is 10.5. The number of hydrogen-bond donors (Lipinski definition) is 1. The van der Waals surface area contributed by atoms with Crippen molar-refractivity contribution in [2.24, 2.45) is 5.16 Å². The lowest BCUT2D eigenvalue weighted by molar-refractivity contribution is -0.125. The average molecular weight is 405 g/mol. The summed E-state index contributed by atoms with van der Waals surface area (Å²) >= 11 is 0. The molecule has 0 bridgehead atoms. The van der Waals surface area contributed by atoms with Crippen molar-refractivity contribution in [2.75, 3.05) is 25.8 Å². The molecule has 3 aromatic rings. The van der Waals surface area contributed by atoms with Crippen LogP contribution in [0.5, 0.6) is 11.5 Å². The summed E-state index contributed by atoms with van der Waals surface area (Å²) in [5.74, 6) is 0.915. The molecule has 0 spiro atoms. The molecule has 7 nitrogen and oxygen atoms in total. The number of nitrogens with one attached hydrogen (secondary N) is 1. The standard InChI is InChI=1S/C23H23N3O4/c1-28-21-14-13-18(22(15-21)29-2)16-24-30-17-23(27)25-26(19-9-5-3-6-10-19)20-11-7-4-8-12-20/h3-16H,17H2,1-2H3,(H,25,27)/b24-16+. The third kappa shape index (κ3) is 5.51. The van der Waals surface area contributed by atoms with Gasteiger partial charge in [0.15, 0.2) is 6.61 Å². The van der Waals surface area contributed by atoms with Crippen molar-refractivity contribution >= 4 is 23.5 Å². The van der Waals surface area contributed by atoms with Crippen molar-refractivity contribution in [1.29, 1.82) is 0 Å². The van der Waals surface area contributed by atoms with E-state index in [1.165, 1.54) is 6.21 Å². The number of methoxy groups -OCH3 is 2. The van der Waals surface area contributed by atoms with Crippen molar-refractivity contribution in [1.82, 2.24) is 5.43 Å². The Morgan fingerprint density at radius 2 is 1.57 bits per heavy atom. The molecule has 1 amide bonds. The zero-order valence-electron chi connectivity index (χ0n) is 16.8. The van der Waals surface area contributed by atoms with Gasteiger partial charge in [-0.3, -0.25) is 15.2 Å². The van der Waals surface area contributed by atoms with E-state index >= 15 is 0 Å². The maximum Gasteiger partial charge on any atom is 0.279 e. The molecular weight excluding hydrogens is 382 g/mol. The van der Waals surface area contributed by atoms with Crippen LogP contribution in [0.4, 0.5) is 11.4 Å². The lowest BCUT2D eigenvalue weighted by Gasteiger charge is -2.25. The van der Waals surface area contributed by atoms with Gasteiger partial charge in [-0.25, -0.2) is 0 Å². The first-order valence-electron chi connectivity index (χ1n) is 9.28. The number of benzene rings is 3. The molecule has 0 aliphatic rings. The molecule has 3 rings (SSSR count). The highest BCUT2D eigenvalue weighted by atomic mass is 16.6. The van der Waals surface area contributed by atoms with Crippen LogP contribution in [0.2, 0.25) is 0 Å². The summed E-state index contributed by atoms with van der Waals surface area (Å²) in [5.41, 5.74) is 5.19. The predicted octanol–water partition coefficient (Wildman–Crippen LogP) is 3.92. The molecule has 0 saturated heterocycles. The van der Waals surface area contributed by atoms with Gasteiger partial charge < -0.3 is 14.3 Å². The minimum Gasteiger partial charge on any atom is -0.497 e. The van der Waals surface area contributed by atoms with E-state index in [9.17, 15) is 4.79 Å². The smallest absolute Gasteiger partial charge is 0.279 e. The van der Waals surface area contributed by atoms with E-state index in [2.05, 4.69) is 10.6 Å². The van der Waals surface area contributed by atoms with Gasteiger partial charge in [-0.2, -0.15) is 0 Å². The highest BCUT2D eigenvalue weighted by Crippen LogP contribution is 2.23. The topological polar surface area (TPSA) is 72.4 Å². The minimum absolute atomic E-state index is 0.245. The summed E-state index contributed by atoms with van der Waals surface area (Å²) in [6.45, 7) is -0.245. The number of ether oxygens (including phenoxy) is 2. The second-order valence-electron chi connectivity index (χ2n) is 6.16. The number of para-hydroxylation sites is 2. The van der Waals surface area contributed by atoms with E-state index in [0.717, 1.165) is 11.4 Å². The van der Waals surface area contributed by atoms with Gasteiger partial charge in [0, 0.05) is 11.6 Å². The predicted molar refractivity (Wildman–Crippen MR) is 116 cm³/mol. The molecular formula is C23H23N3O4. The van der Waals surface area contributed by atoms with Crippen LogP contribution in [-0.2, 0) is 9.63 Å². The molecule has 3 aromatic carbocycles. The zero-order chi connectivity index (χ0) is 21.2. The first-order chi connectivity index (χ1) is 14.7. The first kappa shape index (κ1) is 20.7. The second kappa shape index (κ2) is 10.5. The number of oxime groups is 1. The van der Waals surface area contributed by atoms with Crippen LogP contribution in [-0.4, -0.2) is 32.9 Å². The van der Waals surface area contributed by atoms with Crippen molar-refractivity contribution in [3.05, 3.63) is 84.4 Å². The molecule has 7 heteroatoms. The van der Waals surface area contributed by atoms with Crippen LogP contribution >= 0.6 is 0 Å². The van der Waals surface area contributed by atoms with Crippen molar-refractivity contribution in [3.63, 3.8) is 0 Å². The molecule has 0 heterocycles. The normalized spacial score (nSPS) is 10.5.